The van der Waals surface area contributed by atoms with E-state index in [4.69, 9.17) is 13.8 Å². The Morgan fingerprint density at radius 3 is 2.58 bits per heavy atom. The molecular formula is C25H35N3O9S. The van der Waals surface area contributed by atoms with Gasteiger partial charge in [0.2, 0.25) is 5.91 Å². The van der Waals surface area contributed by atoms with Gasteiger partial charge in [0.1, 0.15) is 6.04 Å². The van der Waals surface area contributed by atoms with Crippen LogP contribution in [-0.4, -0.2) is 80.0 Å². The number of aryl methyl sites for hydroxylation is 1. The number of hydroxylamine groups is 2. The second-order valence-electron chi connectivity index (χ2n) is 9.34. The largest absolute Gasteiger partial charge is 0.462 e. The number of fused-ring (bicyclic) bond motifs is 2. The molecule has 2 aliphatic rings. The van der Waals surface area contributed by atoms with Crippen LogP contribution in [0.3, 0.4) is 0 Å². The number of carbonyl (C=O) groups excluding carboxylic acids is 4. The first kappa shape index (κ1) is 29.4. The van der Waals surface area contributed by atoms with Crippen LogP contribution >= 0.6 is 0 Å². The second kappa shape index (κ2) is 13.1. The summed E-state index contributed by atoms with van der Waals surface area (Å²) >= 11 is 0. The lowest BCUT2D eigenvalue weighted by Crippen LogP contribution is -2.50. The van der Waals surface area contributed by atoms with Gasteiger partial charge in [-0.05, 0) is 63.1 Å². The highest BCUT2D eigenvalue weighted by atomic mass is 32.2. The van der Waals surface area contributed by atoms with Gasteiger partial charge in [0.25, 0.3) is 10.1 Å². The molecule has 2 atom stereocenters. The molecule has 210 valence electrons. The fraction of sp³-hybridized carbons (Fsp3) is 0.600. The topological polar surface area (TPSA) is 149 Å². The van der Waals surface area contributed by atoms with E-state index in [1.54, 1.807) is 19.1 Å². The number of carbonyl (C=O) groups is 4. The van der Waals surface area contributed by atoms with Crippen LogP contribution in [0.2, 0.25) is 0 Å². The molecule has 2 heterocycles. The van der Waals surface area contributed by atoms with Gasteiger partial charge in [-0.25, -0.2) is 9.59 Å². The van der Waals surface area contributed by atoms with E-state index in [-0.39, 0.29) is 38.5 Å². The molecule has 0 unspecified atom stereocenters. The summed E-state index contributed by atoms with van der Waals surface area (Å²) in [7, 11) is -4.05. The Morgan fingerprint density at radius 2 is 1.84 bits per heavy atom. The molecule has 2 aliphatic heterocycles. The molecule has 1 N–H and O–H groups in total. The third-order valence-corrected chi connectivity index (χ3v) is 7.86. The molecule has 2 saturated heterocycles. The van der Waals surface area contributed by atoms with E-state index < -0.39 is 46.1 Å². The van der Waals surface area contributed by atoms with Crippen molar-refractivity contribution in [2.45, 2.75) is 71.4 Å². The first-order chi connectivity index (χ1) is 18.0. The van der Waals surface area contributed by atoms with Crippen LogP contribution in [0.25, 0.3) is 0 Å². The number of hydrogen-bond acceptors (Lipinski definition) is 9. The van der Waals surface area contributed by atoms with Crippen molar-refractivity contribution in [3.8, 4) is 0 Å². The van der Waals surface area contributed by atoms with E-state index in [1.807, 2.05) is 19.9 Å². The fourth-order valence-corrected chi connectivity index (χ4v) is 5.40. The molecule has 3 amide bonds. The minimum Gasteiger partial charge on any atom is -0.462 e. The predicted molar refractivity (Wildman–Crippen MR) is 135 cm³/mol. The van der Waals surface area contributed by atoms with E-state index in [2.05, 4.69) is 5.32 Å². The summed E-state index contributed by atoms with van der Waals surface area (Å²) in [5.74, 6) is -1.66. The summed E-state index contributed by atoms with van der Waals surface area (Å²) < 4.78 is 40.3. The van der Waals surface area contributed by atoms with Crippen molar-refractivity contribution >= 4 is 34.0 Å². The molecule has 1 aromatic rings. The van der Waals surface area contributed by atoms with Gasteiger partial charge in [-0.2, -0.15) is 13.5 Å². The zero-order chi connectivity index (χ0) is 27.9. The van der Waals surface area contributed by atoms with Gasteiger partial charge in [-0.1, -0.05) is 19.1 Å². The summed E-state index contributed by atoms with van der Waals surface area (Å²) in [6.45, 7) is 5.42. The van der Waals surface area contributed by atoms with Crippen LogP contribution in [0.4, 0.5) is 4.79 Å². The van der Waals surface area contributed by atoms with Crippen LogP contribution in [0.5, 0.6) is 0 Å². The van der Waals surface area contributed by atoms with Crippen molar-refractivity contribution in [3.05, 3.63) is 34.9 Å². The smallest absolute Gasteiger partial charge is 0.346 e. The molecule has 3 rings (SSSR count). The average Bonchev–Trinajstić information content (AvgIpc) is 3.11. The minimum atomic E-state index is -4.05. The van der Waals surface area contributed by atoms with E-state index in [0.717, 1.165) is 16.2 Å². The molecule has 13 heteroatoms. The maximum atomic E-state index is 12.8. The Balaban J connectivity index is 1.40. The van der Waals surface area contributed by atoms with Gasteiger partial charge in [-0.3, -0.25) is 9.59 Å². The molecule has 2 bridgehead atoms. The summed E-state index contributed by atoms with van der Waals surface area (Å²) in [6, 6.07) is 3.43. The van der Waals surface area contributed by atoms with Crippen LogP contribution in [0.1, 0.15) is 66.9 Å². The summed E-state index contributed by atoms with van der Waals surface area (Å²) in [6.07, 6.45) is 2.11. The van der Waals surface area contributed by atoms with E-state index >= 15 is 0 Å². The molecule has 0 saturated carbocycles. The van der Waals surface area contributed by atoms with Crippen LogP contribution in [-0.2, 0) is 33.5 Å². The number of nitrogens with zero attached hydrogens (tertiary/aromatic N) is 2. The highest BCUT2D eigenvalue weighted by molar-refractivity contribution is 7.86. The third kappa shape index (κ3) is 7.44. The third-order valence-electron chi connectivity index (χ3n) is 6.68. The lowest BCUT2D eigenvalue weighted by Gasteiger charge is -2.29. The summed E-state index contributed by atoms with van der Waals surface area (Å²) in [5.41, 5.74) is 2.37. The Morgan fingerprint density at radius 1 is 1.08 bits per heavy atom. The number of benzene rings is 1. The maximum Gasteiger partial charge on any atom is 0.346 e. The zero-order valence-corrected chi connectivity index (χ0v) is 22.8. The number of piperidine rings is 1. The number of amides is 3. The van der Waals surface area contributed by atoms with Gasteiger partial charge < -0.3 is 19.7 Å². The van der Waals surface area contributed by atoms with Crippen LogP contribution in [0.15, 0.2) is 18.2 Å². The Kier molecular flexibility index (Phi) is 10.1. The number of rotatable bonds is 13. The average molecular weight is 554 g/mol. The van der Waals surface area contributed by atoms with E-state index in [0.29, 0.717) is 31.2 Å². The van der Waals surface area contributed by atoms with Crippen molar-refractivity contribution in [2.75, 3.05) is 25.6 Å². The number of ether oxygens (including phenoxy) is 2. The number of esters is 2. The fourth-order valence-electron chi connectivity index (χ4n) is 4.34. The number of nitrogens with one attached hydrogen (secondary N) is 1. The van der Waals surface area contributed by atoms with E-state index in [9.17, 15) is 27.6 Å². The number of urea groups is 1. The number of unbranched alkanes of at least 4 members (excludes halogenated alkanes) is 2. The predicted octanol–water partition coefficient (Wildman–Crippen LogP) is 2.19. The normalized spacial score (nSPS) is 18.9. The maximum absolute atomic E-state index is 12.8. The molecule has 0 radical (unpaired) electrons. The zero-order valence-electron chi connectivity index (χ0n) is 21.9. The molecule has 2 fully saturated rings. The van der Waals surface area contributed by atoms with Crippen molar-refractivity contribution in [2.24, 2.45) is 0 Å². The molecule has 38 heavy (non-hydrogen) atoms. The van der Waals surface area contributed by atoms with Crippen molar-refractivity contribution in [1.82, 2.24) is 15.3 Å². The highest BCUT2D eigenvalue weighted by Crippen LogP contribution is 2.31. The SMILES string of the molecule is CCC(=O)OCNC(=O)[C@@H]1CC[C@@H]2CN1C(=O)N2OS(=O)(=O)CCCCCOC(=O)c1cccc(C)c1C. The lowest BCUT2D eigenvalue weighted by atomic mass is 10.0. The molecule has 1 aromatic carbocycles. The molecule has 12 nitrogen and oxygen atoms in total. The standard InChI is InChI=1S/C25H35N3O9S/c1-4-22(29)36-16-26-23(30)21-12-11-19-15-27(21)25(32)28(19)37-38(33,34)14-7-5-6-13-35-24(31)20-10-8-9-17(2)18(20)3/h8-10,19,21H,4-7,11-16H2,1-3H3,(H,26,30)/t19-,21+/m1/s1. The molecule has 0 aliphatic carbocycles. The molecular weight excluding hydrogens is 518 g/mol. The molecule has 0 aromatic heterocycles. The Bertz CT molecular complexity index is 1150. The Hall–Kier alpha value is -3.19. The van der Waals surface area contributed by atoms with Gasteiger partial charge in [-0.15, -0.1) is 4.28 Å². The number of hydrogen-bond donors (Lipinski definition) is 1. The van der Waals surface area contributed by atoms with Crippen molar-refractivity contribution in [3.63, 3.8) is 0 Å². The monoisotopic (exact) mass is 553 g/mol. The van der Waals surface area contributed by atoms with Gasteiger partial charge in [0.15, 0.2) is 6.73 Å². The van der Waals surface area contributed by atoms with Gasteiger partial charge >= 0.3 is 18.0 Å². The van der Waals surface area contributed by atoms with Crippen LogP contribution in [0, 0.1) is 13.8 Å². The summed E-state index contributed by atoms with van der Waals surface area (Å²) in [4.78, 5) is 50.0. The quantitative estimate of drug-likeness (QED) is 0.220. The van der Waals surface area contributed by atoms with Crippen molar-refractivity contribution < 1.29 is 41.4 Å². The lowest BCUT2D eigenvalue weighted by molar-refractivity contribution is -0.145. The Labute approximate surface area is 222 Å². The van der Waals surface area contributed by atoms with Crippen LogP contribution < -0.4 is 5.32 Å². The molecule has 0 spiro atoms. The second-order valence-corrected chi connectivity index (χ2v) is 11.0. The summed E-state index contributed by atoms with van der Waals surface area (Å²) in [5, 5.41) is 3.30. The first-order valence-electron chi connectivity index (χ1n) is 12.7. The highest BCUT2D eigenvalue weighted by Gasteiger charge is 2.49. The van der Waals surface area contributed by atoms with Crippen molar-refractivity contribution in [1.29, 1.82) is 0 Å². The first-order valence-corrected chi connectivity index (χ1v) is 14.3. The van der Waals surface area contributed by atoms with E-state index in [1.165, 1.54) is 4.90 Å². The van der Waals surface area contributed by atoms with Gasteiger partial charge in [0.05, 0.1) is 24.0 Å². The van der Waals surface area contributed by atoms with Gasteiger partial charge in [0, 0.05) is 13.0 Å². The minimum absolute atomic E-state index is 0.160.